The Balaban J connectivity index is 2.97. The number of rotatable bonds is 6. The quantitative estimate of drug-likeness (QED) is 0.457. The minimum absolute atomic E-state index is 0.251. The molecule has 1 unspecified atom stereocenters. The van der Waals surface area contributed by atoms with Crippen molar-refractivity contribution < 1.29 is 0 Å². The van der Waals surface area contributed by atoms with E-state index in [0.29, 0.717) is 5.88 Å². The maximum absolute atomic E-state index is 5.89. The highest BCUT2D eigenvalue weighted by Crippen LogP contribution is 2.12. The molecule has 0 aliphatic heterocycles. The first kappa shape index (κ1) is 10.9. The third-order valence-electron chi connectivity index (χ3n) is 1.32. The molecule has 0 aliphatic rings. The van der Waals surface area contributed by atoms with Crippen LogP contribution < -0.4 is 0 Å². The first-order valence-corrected chi connectivity index (χ1v) is 5.07. The Morgan fingerprint density at radius 2 is 1.60 bits per heavy atom. The van der Waals surface area contributed by atoms with Gasteiger partial charge in [0.2, 0.25) is 0 Å². The number of hydrogen-bond donors (Lipinski definition) is 0. The SMILES string of the molecule is ClCCCCC(Cl)CCCl. The van der Waals surface area contributed by atoms with E-state index >= 15 is 0 Å². The lowest BCUT2D eigenvalue weighted by Crippen LogP contribution is -1.98. The Labute approximate surface area is 77.8 Å². The van der Waals surface area contributed by atoms with Crippen LogP contribution in [0.15, 0.2) is 0 Å². The number of halogens is 3. The van der Waals surface area contributed by atoms with Gasteiger partial charge in [-0.25, -0.2) is 0 Å². The van der Waals surface area contributed by atoms with Crippen molar-refractivity contribution in [2.45, 2.75) is 31.1 Å². The van der Waals surface area contributed by atoms with E-state index in [4.69, 9.17) is 34.8 Å². The van der Waals surface area contributed by atoms with Crippen LogP contribution in [0.1, 0.15) is 25.7 Å². The third-order valence-corrected chi connectivity index (χ3v) is 2.25. The van der Waals surface area contributed by atoms with Gasteiger partial charge in [-0.2, -0.15) is 0 Å². The Bertz CT molecular complexity index is 65.9. The Kier molecular flexibility index (Phi) is 8.66. The first-order chi connectivity index (χ1) is 4.81. The number of unbranched alkanes of at least 4 members (excludes halogenated alkanes) is 1. The Morgan fingerprint density at radius 3 is 2.10 bits per heavy atom. The van der Waals surface area contributed by atoms with Crippen LogP contribution in [-0.4, -0.2) is 17.1 Å². The van der Waals surface area contributed by atoms with E-state index in [1.165, 1.54) is 0 Å². The van der Waals surface area contributed by atoms with Gasteiger partial charge in [0, 0.05) is 17.1 Å². The molecule has 0 spiro atoms. The molecule has 0 aromatic rings. The summed E-state index contributed by atoms with van der Waals surface area (Å²) in [4.78, 5) is 0. The molecule has 0 N–H and O–H groups in total. The van der Waals surface area contributed by atoms with E-state index in [0.717, 1.165) is 31.6 Å². The smallest absolute Gasteiger partial charge is 0.0347 e. The molecule has 0 saturated heterocycles. The largest absolute Gasteiger partial charge is 0.127 e. The van der Waals surface area contributed by atoms with Gasteiger partial charge in [0.05, 0.1) is 0 Å². The summed E-state index contributed by atoms with van der Waals surface area (Å²) < 4.78 is 0. The topological polar surface area (TPSA) is 0 Å². The van der Waals surface area contributed by atoms with Crippen molar-refractivity contribution in [1.29, 1.82) is 0 Å². The van der Waals surface area contributed by atoms with Crippen molar-refractivity contribution in [2.75, 3.05) is 11.8 Å². The fraction of sp³-hybridized carbons (Fsp3) is 1.00. The number of hydrogen-bond acceptors (Lipinski definition) is 0. The minimum Gasteiger partial charge on any atom is -0.127 e. The molecule has 0 nitrogen and oxygen atoms in total. The lowest BCUT2D eigenvalue weighted by Gasteiger charge is -2.04. The molecule has 62 valence electrons. The van der Waals surface area contributed by atoms with Crippen molar-refractivity contribution in [1.82, 2.24) is 0 Å². The van der Waals surface area contributed by atoms with Crippen LogP contribution in [0, 0.1) is 0 Å². The predicted molar refractivity (Wildman–Crippen MR) is 49.5 cm³/mol. The Morgan fingerprint density at radius 1 is 0.900 bits per heavy atom. The monoisotopic (exact) mass is 202 g/mol. The van der Waals surface area contributed by atoms with E-state index < -0.39 is 0 Å². The fourth-order valence-corrected chi connectivity index (χ4v) is 1.55. The number of alkyl halides is 3. The van der Waals surface area contributed by atoms with Crippen molar-refractivity contribution in [3.05, 3.63) is 0 Å². The third kappa shape index (κ3) is 6.98. The molecule has 1 atom stereocenters. The van der Waals surface area contributed by atoms with Gasteiger partial charge in [0.15, 0.2) is 0 Å². The van der Waals surface area contributed by atoms with Gasteiger partial charge in [-0.1, -0.05) is 6.42 Å². The summed E-state index contributed by atoms with van der Waals surface area (Å²) in [6, 6.07) is 0. The molecule has 0 fully saturated rings. The summed E-state index contributed by atoms with van der Waals surface area (Å²) in [5, 5.41) is 0.251. The molecule has 0 amide bonds. The molecule has 0 radical (unpaired) electrons. The molecule has 0 aromatic heterocycles. The molecule has 0 saturated carbocycles. The molecule has 0 rings (SSSR count). The average molecular weight is 204 g/mol. The molecule has 0 bridgehead atoms. The van der Waals surface area contributed by atoms with Crippen LogP contribution in [0.2, 0.25) is 0 Å². The van der Waals surface area contributed by atoms with Gasteiger partial charge in [0.25, 0.3) is 0 Å². The summed E-state index contributed by atoms with van der Waals surface area (Å²) in [5.41, 5.74) is 0. The summed E-state index contributed by atoms with van der Waals surface area (Å²) >= 11 is 16.9. The lowest BCUT2D eigenvalue weighted by atomic mass is 10.2. The highest BCUT2D eigenvalue weighted by atomic mass is 35.5. The van der Waals surface area contributed by atoms with Crippen molar-refractivity contribution in [2.24, 2.45) is 0 Å². The van der Waals surface area contributed by atoms with Gasteiger partial charge in [0.1, 0.15) is 0 Å². The highest BCUT2D eigenvalue weighted by Gasteiger charge is 2.01. The maximum Gasteiger partial charge on any atom is 0.0347 e. The zero-order chi connectivity index (χ0) is 7.82. The van der Waals surface area contributed by atoms with Crippen LogP contribution in [0.3, 0.4) is 0 Å². The second-order valence-corrected chi connectivity index (χ2v) is 3.63. The van der Waals surface area contributed by atoms with Crippen LogP contribution >= 0.6 is 34.8 Å². The predicted octanol–water partition coefficient (Wildman–Crippen LogP) is 3.63. The summed E-state index contributed by atoms with van der Waals surface area (Å²) in [6.07, 6.45) is 4.13. The van der Waals surface area contributed by atoms with E-state index in [1.54, 1.807) is 0 Å². The van der Waals surface area contributed by atoms with E-state index in [-0.39, 0.29) is 5.38 Å². The molecular weight excluding hydrogens is 190 g/mol. The summed E-state index contributed by atoms with van der Waals surface area (Å²) in [7, 11) is 0. The van der Waals surface area contributed by atoms with Crippen LogP contribution in [0.5, 0.6) is 0 Å². The van der Waals surface area contributed by atoms with Crippen molar-refractivity contribution >= 4 is 34.8 Å². The van der Waals surface area contributed by atoms with Gasteiger partial charge in [-0.15, -0.1) is 34.8 Å². The van der Waals surface area contributed by atoms with Gasteiger partial charge >= 0.3 is 0 Å². The van der Waals surface area contributed by atoms with Crippen LogP contribution in [-0.2, 0) is 0 Å². The lowest BCUT2D eigenvalue weighted by molar-refractivity contribution is 0.668. The second-order valence-electron chi connectivity index (χ2n) is 2.26. The highest BCUT2D eigenvalue weighted by molar-refractivity contribution is 6.22. The fourth-order valence-electron chi connectivity index (χ4n) is 0.723. The summed E-state index contributed by atoms with van der Waals surface area (Å²) in [6.45, 7) is 0. The van der Waals surface area contributed by atoms with Gasteiger partial charge in [-0.05, 0) is 19.3 Å². The molecular formula is C7H13Cl3. The van der Waals surface area contributed by atoms with E-state index in [1.807, 2.05) is 0 Å². The molecule has 3 heteroatoms. The molecule has 0 heterocycles. The van der Waals surface area contributed by atoms with Crippen molar-refractivity contribution in [3.8, 4) is 0 Å². The molecule has 10 heavy (non-hydrogen) atoms. The van der Waals surface area contributed by atoms with Crippen LogP contribution in [0.25, 0.3) is 0 Å². The first-order valence-electron chi connectivity index (χ1n) is 3.57. The van der Waals surface area contributed by atoms with Crippen LogP contribution in [0.4, 0.5) is 0 Å². The van der Waals surface area contributed by atoms with Gasteiger partial charge < -0.3 is 0 Å². The molecule has 0 aliphatic carbocycles. The summed E-state index contributed by atoms with van der Waals surface area (Å²) in [5.74, 6) is 1.40. The standard InChI is InChI=1S/C7H13Cl3/c8-5-2-1-3-7(10)4-6-9/h7H,1-6H2. The second kappa shape index (κ2) is 7.97. The average Bonchev–Trinajstić information content (AvgIpc) is 1.89. The van der Waals surface area contributed by atoms with E-state index in [9.17, 15) is 0 Å². The molecule has 0 aromatic carbocycles. The zero-order valence-corrected chi connectivity index (χ0v) is 8.22. The normalized spacial score (nSPS) is 13.5. The zero-order valence-electron chi connectivity index (χ0n) is 5.95. The van der Waals surface area contributed by atoms with E-state index in [2.05, 4.69) is 0 Å². The maximum atomic E-state index is 5.89. The minimum atomic E-state index is 0.251. The van der Waals surface area contributed by atoms with Crippen molar-refractivity contribution in [3.63, 3.8) is 0 Å². The van der Waals surface area contributed by atoms with Gasteiger partial charge in [-0.3, -0.25) is 0 Å². The Hall–Kier alpha value is 0.870.